The zero-order chi connectivity index (χ0) is 11.8. The van der Waals surface area contributed by atoms with Crippen LogP contribution in [0, 0.1) is 5.92 Å². The van der Waals surface area contributed by atoms with Crippen LogP contribution in [0.15, 0.2) is 0 Å². The number of ether oxygens (including phenoxy) is 1. The molecule has 0 radical (unpaired) electrons. The summed E-state index contributed by atoms with van der Waals surface area (Å²) in [6.07, 6.45) is 12.1. The van der Waals surface area contributed by atoms with Gasteiger partial charge in [0.1, 0.15) is 0 Å². The number of hydrogen-bond donors (Lipinski definition) is 1. The van der Waals surface area contributed by atoms with E-state index in [0.717, 1.165) is 19.1 Å². The maximum Gasteiger partial charge on any atom is 0.0807 e. The van der Waals surface area contributed by atoms with Gasteiger partial charge in [0.05, 0.1) is 12.2 Å². The molecule has 2 atom stereocenters. The molecule has 1 aliphatic heterocycles. The Labute approximate surface area is 105 Å². The quantitative estimate of drug-likeness (QED) is 0.698. The van der Waals surface area contributed by atoms with Crippen LogP contribution < -0.4 is 5.32 Å². The van der Waals surface area contributed by atoms with Crippen molar-refractivity contribution in [3.63, 3.8) is 0 Å². The lowest BCUT2D eigenvalue weighted by molar-refractivity contribution is -0.135. The van der Waals surface area contributed by atoms with Gasteiger partial charge in [0.25, 0.3) is 0 Å². The van der Waals surface area contributed by atoms with Gasteiger partial charge in [-0.25, -0.2) is 0 Å². The molecule has 0 aromatic carbocycles. The molecule has 3 rings (SSSR count). The minimum absolute atomic E-state index is 0.212. The molecular formula is C15H27NO. The summed E-state index contributed by atoms with van der Waals surface area (Å²) in [7, 11) is 0. The van der Waals surface area contributed by atoms with Gasteiger partial charge in [0.2, 0.25) is 0 Å². The average molecular weight is 237 g/mol. The van der Waals surface area contributed by atoms with Crippen LogP contribution in [0.1, 0.15) is 64.7 Å². The van der Waals surface area contributed by atoms with Crippen LogP contribution >= 0.6 is 0 Å². The molecule has 2 spiro atoms. The summed E-state index contributed by atoms with van der Waals surface area (Å²) in [5.41, 5.74) is 0.546. The number of rotatable bonds is 0. The van der Waals surface area contributed by atoms with Crippen LogP contribution in [0.4, 0.5) is 0 Å². The lowest BCUT2D eigenvalue weighted by atomic mass is 9.74. The predicted octanol–water partition coefficient (Wildman–Crippen LogP) is 3.26. The van der Waals surface area contributed by atoms with Crippen molar-refractivity contribution in [1.29, 1.82) is 0 Å². The van der Waals surface area contributed by atoms with Crippen molar-refractivity contribution in [3.05, 3.63) is 0 Å². The molecule has 2 aliphatic carbocycles. The summed E-state index contributed by atoms with van der Waals surface area (Å²) in [6, 6.07) is 0. The summed E-state index contributed by atoms with van der Waals surface area (Å²) >= 11 is 0. The molecule has 2 saturated carbocycles. The zero-order valence-corrected chi connectivity index (χ0v) is 11.3. The molecule has 0 aromatic heterocycles. The van der Waals surface area contributed by atoms with E-state index >= 15 is 0 Å². The molecule has 0 aromatic rings. The molecule has 0 bridgehead atoms. The van der Waals surface area contributed by atoms with Crippen molar-refractivity contribution in [1.82, 2.24) is 5.32 Å². The fourth-order valence-electron chi connectivity index (χ4n) is 4.21. The van der Waals surface area contributed by atoms with Crippen LogP contribution in [-0.2, 0) is 4.74 Å². The Hall–Kier alpha value is -0.0800. The fraction of sp³-hybridized carbons (Fsp3) is 1.00. The van der Waals surface area contributed by atoms with E-state index in [1.807, 2.05) is 0 Å². The van der Waals surface area contributed by atoms with Crippen LogP contribution in [0.2, 0.25) is 0 Å². The second-order valence-corrected chi connectivity index (χ2v) is 6.87. The van der Waals surface area contributed by atoms with Gasteiger partial charge in [0.15, 0.2) is 0 Å². The number of morpholine rings is 1. The molecule has 1 N–H and O–H groups in total. The molecule has 2 unspecified atom stereocenters. The van der Waals surface area contributed by atoms with Crippen molar-refractivity contribution in [3.8, 4) is 0 Å². The number of nitrogens with one attached hydrogen (secondary N) is 1. The minimum atomic E-state index is 0.212. The van der Waals surface area contributed by atoms with Crippen molar-refractivity contribution in [2.24, 2.45) is 5.92 Å². The maximum absolute atomic E-state index is 6.39. The van der Waals surface area contributed by atoms with E-state index in [-0.39, 0.29) is 5.60 Å². The lowest BCUT2D eigenvalue weighted by Gasteiger charge is -2.51. The fourth-order valence-corrected chi connectivity index (χ4v) is 4.21. The SMILES string of the molecule is CC1CCCC2(COC3(CCCCC3)CN2)C1. The Bertz CT molecular complexity index is 260. The normalized spacial score (nSPS) is 41.8. The first kappa shape index (κ1) is 12.0. The van der Waals surface area contributed by atoms with Crippen LogP contribution in [-0.4, -0.2) is 24.3 Å². The summed E-state index contributed by atoms with van der Waals surface area (Å²) in [4.78, 5) is 0. The first-order valence-electron chi connectivity index (χ1n) is 7.61. The Morgan fingerprint density at radius 1 is 1.06 bits per heavy atom. The van der Waals surface area contributed by atoms with Gasteiger partial charge < -0.3 is 10.1 Å². The second kappa shape index (κ2) is 4.55. The highest BCUT2D eigenvalue weighted by Gasteiger charge is 2.45. The molecule has 17 heavy (non-hydrogen) atoms. The standard InChI is InChI=1S/C15H27NO/c1-13-6-5-7-14(10-13)12-17-15(11-16-14)8-3-2-4-9-15/h13,16H,2-12H2,1H3. The molecule has 2 heteroatoms. The van der Waals surface area contributed by atoms with Crippen LogP contribution in [0.25, 0.3) is 0 Å². The molecule has 3 aliphatic rings. The lowest BCUT2D eigenvalue weighted by Crippen LogP contribution is -2.63. The van der Waals surface area contributed by atoms with Crippen LogP contribution in [0.3, 0.4) is 0 Å². The maximum atomic E-state index is 6.39. The third-order valence-electron chi connectivity index (χ3n) is 5.30. The largest absolute Gasteiger partial charge is 0.372 e. The highest BCUT2D eigenvalue weighted by molar-refractivity contribution is 5.01. The van der Waals surface area contributed by atoms with E-state index in [9.17, 15) is 0 Å². The van der Waals surface area contributed by atoms with Crippen molar-refractivity contribution in [2.75, 3.05) is 13.2 Å². The highest BCUT2D eigenvalue weighted by Crippen LogP contribution is 2.40. The Balaban J connectivity index is 1.62. The van der Waals surface area contributed by atoms with Crippen molar-refractivity contribution in [2.45, 2.75) is 75.9 Å². The van der Waals surface area contributed by atoms with E-state index in [1.54, 1.807) is 0 Å². The average Bonchev–Trinajstić information content (AvgIpc) is 2.35. The molecule has 1 saturated heterocycles. The summed E-state index contributed by atoms with van der Waals surface area (Å²) in [6.45, 7) is 4.48. The molecule has 98 valence electrons. The second-order valence-electron chi connectivity index (χ2n) is 6.87. The van der Waals surface area contributed by atoms with E-state index in [0.29, 0.717) is 5.54 Å². The molecular weight excluding hydrogens is 210 g/mol. The van der Waals surface area contributed by atoms with Crippen molar-refractivity contribution >= 4 is 0 Å². The molecule has 0 amide bonds. The molecule has 3 fully saturated rings. The van der Waals surface area contributed by atoms with E-state index in [4.69, 9.17) is 4.74 Å². The highest BCUT2D eigenvalue weighted by atomic mass is 16.5. The summed E-state index contributed by atoms with van der Waals surface area (Å²) in [5.74, 6) is 0.875. The van der Waals surface area contributed by atoms with Gasteiger partial charge in [-0.05, 0) is 31.6 Å². The Morgan fingerprint density at radius 2 is 1.88 bits per heavy atom. The van der Waals surface area contributed by atoms with Crippen molar-refractivity contribution < 1.29 is 4.74 Å². The van der Waals surface area contributed by atoms with E-state index in [2.05, 4.69) is 12.2 Å². The molecule has 1 heterocycles. The third-order valence-corrected chi connectivity index (χ3v) is 5.30. The van der Waals surface area contributed by atoms with Crippen LogP contribution in [0.5, 0.6) is 0 Å². The number of hydrogen-bond acceptors (Lipinski definition) is 2. The zero-order valence-electron chi connectivity index (χ0n) is 11.3. The van der Waals surface area contributed by atoms with Gasteiger partial charge in [-0.1, -0.05) is 39.0 Å². The van der Waals surface area contributed by atoms with Gasteiger partial charge in [0, 0.05) is 12.1 Å². The van der Waals surface area contributed by atoms with Gasteiger partial charge in [-0.2, -0.15) is 0 Å². The third kappa shape index (κ3) is 2.39. The molecule has 2 nitrogen and oxygen atoms in total. The van der Waals surface area contributed by atoms with Gasteiger partial charge in [-0.3, -0.25) is 0 Å². The van der Waals surface area contributed by atoms with Gasteiger partial charge >= 0.3 is 0 Å². The Kier molecular flexibility index (Phi) is 3.20. The topological polar surface area (TPSA) is 21.3 Å². The Morgan fingerprint density at radius 3 is 2.53 bits per heavy atom. The van der Waals surface area contributed by atoms with E-state index < -0.39 is 0 Å². The predicted molar refractivity (Wildman–Crippen MR) is 70.1 cm³/mol. The van der Waals surface area contributed by atoms with Gasteiger partial charge in [-0.15, -0.1) is 0 Å². The summed E-state index contributed by atoms with van der Waals surface area (Å²) in [5, 5.41) is 3.90. The first-order chi connectivity index (χ1) is 8.22. The smallest absolute Gasteiger partial charge is 0.0807 e. The first-order valence-corrected chi connectivity index (χ1v) is 7.61. The monoisotopic (exact) mass is 237 g/mol. The summed E-state index contributed by atoms with van der Waals surface area (Å²) < 4.78 is 6.39. The van der Waals surface area contributed by atoms with E-state index in [1.165, 1.54) is 57.8 Å². The minimum Gasteiger partial charge on any atom is -0.372 e.